The molecule has 1 fully saturated rings. The number of Topliss-reactive ketones (excluding diaryl/α,β-unsaturated/α-hetero) is 1. The summed E-state index contributed by atoms with van der Waals surface area (Å²) < 4.78 is 0. The van der Waals surface area contributed by atoms with Crippen LogP contribution in [-0.2, 0) is 9.59 Å². The van der Waals surface area contributed by atoms with Crippen LogP contribution in [0.1, 0.15) is 66.7 Å². The van der Waals surface area contributed by atoms with Crippen LogP contribution in [0.4, 0.5) is 0 Å². The molecule has 0 aliphatic heterocycles. The second-order valence-electron chi connectivity index (χ2n) is 7.56. The summed E-state index contributed by atoms with van der Waals surface area (Å²) >= 11 is 0. The van der Waals surface area contributed by atoms with Crippen LogP contribution in [0.3, 0.4) is 0 Å². The van der Waals surface area contributed by atoms with E-state index in [2.05, 4.69) is 13.0 Å². The minimum atomic E-state index is -0.420. The quantitative estimate of drug-likeness (QED) is 0.769. The zero-order chi connectivity index (χ0) is 17.9. The molecule has 0 bridgehead atoms. The Hall–Kier alpha value is -1.45. The number of carbonyl (C=O) groups excluding carboxylic acids is 2. The van der Waals surface area contributed by atoms with Gasteiger partial charge in [0.1, 0.15) is 11.8 Å². The second-order valence-corrected chi connectivity index (χ2v) is 7.56. The van der Waals surface area contributed by atoms with Gasteiger partial charge in [-0.05, 0) is 58.4 Å². The maximum absolute atomic E-state index is 12.9. The summed E-state index contributed by atoms with van der Waals surface area (Å²) in [5, 5.41) is 0. The van der Waals surface area contributed by atoms with Crippen molar-refractivity contribution in [2.75, 3.05) is 13.1 Å². The van der Waals surface area contributed by atoms with Gasteiger partial charge in [0.2, 0.25) is 5.91 Å². The van der Waals surface area contributed by atoms with E-state index in [0.717, 1.165) is 31.4 Å². The van der Waals surface area contributed by atoms with Crippen LogP contribution in [0.5, 0.6) is 0 Å². The highest BCUT2D eigenvalue weighted by atomic mass is 16.2. The van der Waals surface area contributed by atoms with Crippen LogP contribution < -0.4 is 0 Å². The van der Waals surface area contributed by atoms with Gasteiger partial charge in [-0.2, -0.15) is 0 Å². The van der Waals surface area contributed by atoms with E-state index in [1.54, 1.807) is 0 Å². The Morgan fingerprint density at radius 3 is 2.42 bits per heavy atom. The molecule has 0 saturated heterocycles. The summed E-state index contributed by atoms with van der Waals surface area (Å²) in [7, 11) is 0. The van der Waals surface area contributed by atoms with Crippen LogP contribution in [0.15, 0.2) is 16.6 Å². The summed E-state index contributed by atoms with van der Waals surface area (Å²) in [5.74, 6) is 0.525. The first-order valence-corrected chi connectivity index (χ1v) is 9.43. The van der Waals surface area contributed by atoms with E-state index in [0.29, 0.717) is 25.3 Å². The van der Waals surface area contributed by atoms with E-state index in [4.69, 9.17) is 4.99 Å². The van der Waals surface area contributed by atoms with Gasteiger partial charge in [-0.3, -0.25) is 14.6 Å². The van der Waals surface area contributed by atoms with E-state index in [-0.39, 0.29) is 11.8 Å². The molecule has 0 aromatic carbocycles. The summed E-state index contributed by atoms with van der Waals surface area (Å²) in [6.07, 6.45) is 6.39. The van der Waals surface area contributed by atoms with Crippen molar-refractivity contribution in [1.82, 2.24) is 4.90 Å². The predicted octanol–water partition coefficient (Wildman–Crippen LogP) is 3.80. The number of ketones is 1. The third kappa shape index (κ3) is 3.47. The molecule has 1 saturated carbocycles. The van der Waals surface area contributed by atoms with E-state index in [1.807, 2.05) is 32.6 Å². The molecule has 0 N–H and O–H groups in total. The topological polar surface area (TPSA) is 49.7 Å². The molecule has 2 rings (SSSR count). The molecule has 2 atom stereocenters. The molecule has 2 aliphatic carbocycles. The Balaban J connectivity index is 2.43. The van der Waals surface area contributed by atoms with E-state index < -0.39 is 11.5 Å². The molecule has 0 radical (unpaired) electrons. The van der Waals surface area contributed by atoms with Crippen molar-refractivity contribution in [3.63, 3.8) is 0 Å². The zero-order valence-electron chi connectivity index (χ0n) is 15.9. The summed E-state index contributed by atoms with van der Waals surface area (Å²) in [5.41, 5.74) is 1.71. The molecule has 1 amide bonds. The first-order valence-electron chi connectivity index (χ1n) is 9.43. The van der Waals surface area contributed by atoms with Crippen LogP contribution in [-0.4, -0.2) is 41.4 Å². The highest BCUT2D eigenvalue weighted by molar-refractivity contribution is 6.16. The number of rotatable bonds is 5. The molecule has 0 aromatic rings. The lowest BCUT2D eigenvalue weighted by atomic mass is 9.71. The Labute approximate surface area is 146 Å². The Morgan fingerprint density at radius 2 is 1.92 bits per heavy atom. The van der Waals surface area contributed by atoms with Gasteiger partial charge in [0.05, 0.1) is 5.41 Å². The van der Waals surface area contributed by atoms with Gasteiger partial charge in [-0.25, -0.2) is 0 Å². The number of hydrogen-bond donors (Lipinski definition) is 0. The van der Waals surface area contributed by atoms with Gasteiger partial charge in [0.25, 0.3) is 0 Å². The first-order chi connectivity index (χ1) is 11.4. The average molecular weight is 332 g/mol. The van der Waals surface area contributed by atoms with Crippen molar-refractivity contribution in [2.45, 2.75) is 72.8 Å². The van der Waals surface area contributed by atoms with Gasteiger partial charge < -0.3 is 4.90 Å². The van der Waals surface area contributed by atoms with Crippen LogP contribution in [0.25, 0.3) is 0 Å². The van der Waals surface area contributed by atoms with Crippen molar-refractivity contribution in [3.8, 4) is 0 Å². The highest BCUT2D eigenvalue weighted by Gasteiger charge is 2.47. The molecule has 0 unspecified atom stereocenters. The lowest BCUT2D eigenvalue weighted by Crippen LogP contribution is -2.43. The summed E-state index contributed by atoms with van der Waals surface area (Å²) in [6, 6.07) is -0.396. The molecule has 0 heterocycles. The Bertz CT molecular complexity index is 558. The lowest BCUT2D eigenvalue weighted by Gasteiger charge is -2.34. The number of likely N-dealkylation sites (N-methyl/N-ethyl adjacent to an activating group) is 1. The van der Waals surface area contributed by atoms with Crippen molar-refractivity contribution >= 4 is 17.4 Å². The van der Waals surface area contributed by atoms with Crippen LogP contribution in [0.2, 0.25) is 0 Å². The number of nitrogens with zero attached hydrogens (tertiary/aromatic N) is 2. The predicted molar refractivity (Wildman–Crippen MR) is 98.3 cm³/mol. The number of carbonyl (C=O) groups is 2. The smallest absolute Gasteiger partial charge is 0.247 e. The average Bonchev–Trinajstić information content (AvgIpc) is 2.90. The molecule has 4 heteroatoms. The van der Waals surface area contributed by atoms with Crippen LogP contribution >= 0.6 is 0 Å². The third-order valence-corrected chi connectivity index (χ3v) is 5.60. The number of aliphatic imine (C=N–C) groups is 1. The Morgan fingerprint density at radius 1 is 1.25 bits per heavy atom. The summed E-state index contributed by atoms with van der Waals surface area (Å²) in [4.78, 5) is 32.3. The molecular weight excluding hydrogens is 300 g/mol. The molecule has 2 aliphatic rings. The van der Waals surface area contributed by atoms with Crippen molar-refractivity contribution in [1.29, 1.82) is 0 Å². The van der Waals surface area contributed by atoms with Crippen molar-refractivity contribution < 1.29 is 9.59 Å². The monoisotopic (exact) mass is 332 g/mol. The largest absolute Gasteiger partial charge is 0.341 e. The molecule has 1 spiro atoms. The Kier molecular flexibility index (Phi) is 6.00. The summed E-state index contributed by atoms with van der Waals surface area (Å²) in [6.45, 7) is 11.6. The molecule has 134 valence electrons. The minimum absolute atomic E-state index is 0.0831. The molecule has 24 heavy (non-hydrogen) atoms. The minimum Gasteiger partial charge on any atom is -0.341 e. The second kappa shape index (κ2) is 7.62. The van der Waals surface area contributed by atoms with Crippen molar-refractivity contribution in [2.24, 2.45) is 16.3 Å². The van der Waals surface area contributed by atoms with Gasteiger partial charge in [-0.1, -0.05) is 19.4 Å². The number of amides is 1. The first kappa shape index (κ1) is 18.9. The normalized spacial score (nSPS) is 27.0. The van der Waals surface area contributed by atoms with Gasteiger partial charge in [0, 0.05) is 25.2 Å². The highest BCUT2D eigenvalue weighted by Crippen LogP contribution is 2.44. The van der Waals surface area contributed by atoms with E-state index in [9.17, 15) is 9.59 Å². The van der Waals surface area contributed by atoms with Gasteiger partial charge >= 0.3 is 0 Å². The molecular formula is C20H32N2O2. The van der Waals surface area contributed by atoms with E-state index >= 15 is 0 Å². The fourth-order valence-corrected chi connectivity index (χ4v) is 3.97. The fraction of sp³-hybridized carbons (Fsp3) is 0.750. The fourth-order valence-electron chi connectivity index (χ4n) is 3.97. The van der Waals surface area contributed by atoms with Crippen LogP contribution in [0, 0.1) is 11.3 Å². The number of allylic oxidation sites excluding steroid dienone is 2. The van der Waals surface area contributed by atoms with E-state index in [1.165, 1.54) is 5.57 Å². The maximum Gasteiger partial charge on any atom is 0.247 e. The maximum atomic E-state index is 12.9. The lowest BCUT2D eigenvalue weighted by molar-refractivity contribution is -0.133. The number of hydrogen-bond acceptors (Lipinski definition) is 3. The van der Waals surface area contributed by atoms with Crippen molar-refractivity contribution in [3.05, 3.63) is 11.6 Å². The standard InChI is InChI=1S/C20H32N2O2/c1-6-22(7-2)19(24)18(14(3)4)21-16-13-15(5)10-12-20(16)11-8-9-17(20)23/h13-14,18H,6-12H2,1-5H3/t18-,20+/m0/s1. The molecule has 4 nitrogen and oxygen atoms in total. The molecule has 0 aromatic heterocycles. The SMILES string of the molecule is CCN(CC)C(=O)[C@@H](N=C1C=C(C)CC[C@]12CCCC2=O)C(C)C. The third-order valence-electron chi connectivity index (χ3n) is 5.60. The van der Waals surface area contributed by atoms with Gasteiger partial charge in [-0.15, -0.1) is 0 Å². The zero-order valence-corrected chi connectivity index (χ0v) is 15.9. The van der Waals surface area contributed by atoms with Gasteiger partial charge in [0.15, 0.2) is 0 Å².